The summed E-state index contributed by atoms with van der Waals surface area (Å²) < 4.78 is 18.9. The van der Waals surface area contributed by atoms with Gasteiger partial charge in [-0.15, -0.1) is 0 Å². The molecule has 0 spiro atoms. The number of fused-ring (bicyclic) bond motifs is 3. The number of ether oxygens (including phenoxy) is 2. The summed E-state index contributed by atoms with van der Waals surface area (Å²) in [5.41, 5.74) is 3.98. The van der Waals surface area contributed by atoms with Gasteiger partial charge in [0.15, 0.2) is 17.3 Å². The third kappa shape index (κ3) is 6.62. The van der Waals surface area contributed by atoms with Crippen LogP contribution in [0.1, 0.15) is 52.3 Å². The molecule has 0 aliphatic carbocycles. The van der Waals surface area contributed by atoms with Gasteiger partial charge in [-0.1, -0.05) is 0 Å². The van der Waals surface area contributed by atoms with E-state index in [4.69, 9.17) is 18.9 Å². The summed E-state index contributed by atoms with van der Waals surface area (Å²) in [4.78, 5) is 46.6. The molecule has 2 N–H and O–H groups in total. The zero-order valence-electron chi connectivity index (χ0n) is 26.5. The van der Waals surface area contributed by atoms with Crippen molar-refractivity contribution in [1.29, 1.82) is 0 Å². The molecule has 4 aromatic rings. The van der Waals surface area contributed by atoms with Gasteiger partial charge in [-0.3, -0.25) is 24.3 Å². The van der Waals surface area contributed by atoms with Crippen LogP contribution in [0.25, 0.3) is 11.0 Å². The fraction of sp³-hybridized carbons (Fsp3) is 0.353. The van der Waals surface area contributed by atoms with Crippen molar-refractivity contribution in [3.05, 3.63) is 65.7 Å². The van der Waals surface area contributed by atoms with Crippen molar-refractivity contribution < 1.29 is 28.3 Å². The molecule has 0 radical (unpaired) electrons. The number of anilines is 2. The molecular weight excluding hydrogens is 588 g/mol. The molecule has 12 heteroatoms. The molecule has 1 atom stereocenters. The minimum atomic E-state index is -0.344. The van der Waals surface area contributed by atoms with Crippen molar-refractivity contribution in [2.24, 2.45) is 12.0 Å². The molecule has 0 unspecified atom stereocenters. The first-order chi connectivity index (χ1) is 22.2. The lowest BCUT2D eigenvalue weighted by Gasteiger charge is -2.20. The average Bonchev–Trinajstić information content (AvgIpc) is 3.73. The molecule has 6 rings (SSSR count). The van der Waals surface area contributed by atoms with Crippen LogP contribution in [0.15, 0.2) is 58.1 Å². The predicted octanol–water partition coefficient (Wildman–Crippen LogP) is 5.21. The van der Waals surface area contributed by atoms with Gasteiger partial charge in [-0.05, 0) is 67.8 Å². The summed E-state index contributed by atoms with van der Waals surface area (Å²) in [5, 5.41) is 6.43. The molecule has 1 fully saturated rings. The summed E-state index contributed by atoms with van der Waals surface area (Å²) in [5.74, 6) is 0.709. The van der Waals surface area contributed by atoms with Crippen LogP contribution in [0, 0.1) is 0 Å². The lowest BCUT2D eigenvalue weighted by Crippen LogP contribution is -2.28. The second-order valence-corrected chi connectivity index (χ2v) is 11.8. The van der Waals surface area contributed by atoms with Gasteiger partial charge in [0.2, 0.25) is 5.91 Å². The van der Waals surface area contributed by atoms with Crippen LogP contribution < -0.4 is 20.1 Å². The Morgan fingerprint density at radius 2 is 1.91 bits per heavy atom. The first-order valence-electron chi connectivity index (χ1n) is 15.3. The number of furan rings is 1. The van der Waals surface area contributed by atoms with E-state index >= 15 is 0 Å². The van der Waals surface area contributed by atoms with Gasteiger partial charge < -0.3 is 34.0 Å². The summed E-state index contributed by atoms with van der Waals surface area (Å²) in [7, 11) is 6.66. The molecule has 240 valence electrons. The molecule has 0 saturated carbocycles. The highest BCUT2D eigenvalue weighted by molar-refractivity contribution is 6.05. The van der Waals surface area contributed by atoms with E-state index < -0.39 is 0 Å². The van der Waals surface area contributed by atoms with E-state index in [0.29, 0.717) is 58.6 Å². The molecule has 2 aromatic carbocycles. The minimum Gasteiger partial charge on any atom is -0.493 e. The van der Waals surface area contributed by atoms with Gasteiger partial charge in [0, 0.05) is 69.7 Å². The van der Waals surface area contributed by atoms with Crippen LogP contribution in [-0.4, -0.2) is 78.7 Å². The van der Waals surface area contributed by atoms with Crippen LogP contribution >= 0.6 is 0 Å². The quantitative estimate of drug-likeness (QED) is 0.231. The molecular formula is C34H38N6O6. The fourth-order valence-electron chi connectivity index (χ4n) is 5.85. The Morgan fingerprint density at radius 1 is 1.07 bits per heavy atom. The number of nitrogens with one attached hydrogen (secondary N) is 2. The average molecular weight is 627 g/mol. The molecule has 1 saturated heterocycles. The summed E-state index contributed by atoms with van der Waals surface area (Å²) in [6, 6.07) is 12.7. The maximum atomic E-state index is 13.1. The van der Waals surface area contributed by atoms with E-state index in [2.05, 4.69) is 15.5 Å². The number of carbonyl (C=O) groups excluding carboxylic acids is 3. The number of carbonyl (C=O) groups is 3. The van der Waals surface area contributed by atoms with Crippen molar-refractivity contribution in [3.8, 4) is 11.5 Å². The summed E-state index contributed by atoms with van der Waals surface area (Å²) >= 11 is 0. The number of aromatic nitrogens is 1. The molecule has 12 nitrogen and oxygen atoms in total. The van der Waals surface area contributed by atoms with E-state index in [1.54, 1.807) is 69.3 Å². The molecule has 2 aromatic heterocycles. The smallest absolute Gasteiger partial charge is 0.289 e. The van der Waals surface area contributed by atoms with Crippen molar-refractivity contribution in [2.45, 2.75) is 38.3 Å². The van der Waals surface area contributed by atoms with E-state index in [-0.39, 0.29) is 29.9 Å². The number of benzene rings is 2. The van der Waals surface area contributed by atoms with Gasteiger partial charge in [-0.2, -0.15) is 0 Å². The molecule has 4 heterocycles. The van der Waals surface area contributed by atoms with Gasteiger partial charge in [0.25, 0.3) is 11.8 Å². The normalized spacial score (nSPS) is 15.6. The lowest BCUT2D eigenvalue weighted by atomic mass is 10.1. The standard InChI is InChI=1S/C34H38N6O6/c1-38(2)34(43)31-14-21-13-23(9-10-28(21)46-31)37-33(42)27-16-24(20-39(27)3)36-32(41)8-6-12-45-30-17-26-22(15-29(30)44-4)19-40-11-5-7-25(40)18-35-26/h9-10,13-18,20,25H,5-8,11-12,19H2,1-4H3,(H,36,41)(H,37,42)/t25-/m0/s1. The highest BCUT2D eigenvalue weighted by Crippen LogP contribution is 2.38. The largest absolute Gasteiger partial charge is 0.493 e. The van der Waals surface area contributed by atoms with Crippen LogP contribution in [0.5, 0.6) is 11.5 Å². The monoisotopic (exact) mass is 626 g/mol. The zero-order chi connectivity index (χ0) is 32.4. The maximum absolute atomic E-state index is 13.1. The van der Waals surface area contributed by atoms with Crippen LogP contribution in [0.3, 0.4) is 0 Å². The first kappa shape index (κ1) is 30.9. The van der Waals surface area contributed by atoms with Crippen LogP contribution in [0.4, 0.5) is 17.1 Å². The Labute approximate surface area is 266 Å². The lowest BCUT2D eigenvalue weighted by molar-refractivity contribution is -0.116. The van der Waals surface area contributed by atoms with Crippen LogP contribution in [-0.2, 0) is 18.4 Å². The SMILES string of the molecule is COc1cc2c(cc1OCCCC(=O)Nc1cc(C(=O)Nc3ccc4oc(C(=O)N(C)C)cc4c3)n(C)c1)N=C[C@@H]1CCCN1C2. The van der Waals surface area contributed by atoms with Crippen molar-refractivity contribution in [1.82, 2.24) is 14.4 Å². The van der Waals surface area contributed by atoms with Crippen molar-refractivity contribution >= 4 is 52.0 Å². The van der Waals surface area contributed by atoms with Gasteiger partial charge >= 0.3 is 0 Å². The highest BCUT2D eigenvalue weighted by Gasteiger charge is 2.27. The van der Waals surface area contributed by atoms with E-state index in [9.17, 15) is 14.4 Å². The Balaban J connectivity index is 1.01. The number of rotatable bonds is 10. The molecule has 2 aliphatic heterocycles. The van der Waals surface area contributed by atoms with Gasteiger partial charge in [0.1, 0.15) is 11.3 Å². The summed E-state index contributed by atoms with van der Waals surface area (Å²) in [6.07, 6.45) is 6.76. The third-order valence-corrected chi connectivity index (χ3v) is 8.26. The Kier molecular flexibility index (Phi) is 8.80. The number of aliphatic imine (C=N–C) groups is 1. The number of aryl methyl sites for hydroxylation is 1. The second kappa shape index (κ2) is 13.1. The number of amides is 3. The maximum Gasteiger partial charge on any atom is 0.289 e. The Bertz CT molecular complexity index is 1820. The van der Waals surface area contributed by atoms with Gasteiger partial charge in [0.05, 0.1) is 25.1 Å². The number of hydrogen-bond donors (Lipinski definition) is 2. The van der Waals surface area contributed by atoms with Gasteiger partial charge in [-0.25, -0.2) is 0 Å². The fourth-order valence-corrected chi connectivity index (χ4v) is 5.85. The van der Waals surface area contributed by atoms with Crippen molar-refractivity contribution in [2.75, 3.05) is 45.0 Å². The van der Waals surface area contributed by atoms with Crippen molar-refractivity contribution in [3.63, 3.8) is 0 Å². The first-order valence-corrected chi connectivity index (χ1v) is 15.3. The third-order valence-electron chi connectivity index (χ3n) is 8.26. The zero-order valence-corrected chi connectivity index (χ0v) is 26.5. The predicted molar refractivity (Wildman–Crippen MR) is 176 cm³/mol. The highest BCUT2D eigenvalue weighted by atomic mass is 16.5. The number of hydrogen-bond acceptors (Lipinski definition) is 8. The molecule has 3 amide bonds. The molecule has 2 aliphatic rings. The Morgan fingerprint density at radius 3 is 2.72 bits per heavy atom. The number of methoxy groups -OCH3 is 1. The summed E-state index contributed by atoms with van der Waals surface area (Å²) in [6.45, 7) is 2.24. The van der Waals surface area contributed by atoms with E-state index in [1.165, 1.54) is 11.3 Å². The molecule has 0 bridgehead atoms. The topological polar surface area (TPSA) is 131 Å². The van der Waals surface area contributed by atoms with E-state index in [0.717, 1.165) is 30.8 Å². The minimum absolute atomic E-state index is 0.186. The number of nitrogens with zero attached hydrogens (tertiary/aromatic N) is 4. The molecule has 46 heavy (non-hydrogen) atoms. The Hall–Kier alpha value is -5.10. The van der Waals surface area contributed by atoms with Crippen LogP contribution in [0.2, 0.25) is 0 Å². The van der Waals surface area contributed by atoms with E-state index in [1.807, 2.05) is 18.3 Å². The second-order valence-electron chi connectivity index (χ2n) is 11.8.